The number of nitrogens with one attached hydrogen (secondary N) is 1. The van der Waals surface area contributed by atoms with Gasteiger partial charge in [0.15, 0.2) is 16.8 Å². The Hall–Kier alpha value is -3.07. The lowest BCUT2D eigenvalue weighted by Gasteiger charge is -2.12. The van der Waals surface area contributed by atoms with Crippen LogP contribution in [-0.2, 0) is 17.9 Å². The minimum Gasteiger partial charge on any atom is -0.486 e. The number of rotatable bonds is 12. The fourth-order valence-electron chi connectivity index (χ4n) is 3.59. The molecule has 182 valence electrons. The molecule has 0 spiro atoms. The van der Waals surface area contributed by atoms with Gasteiger partial charge in [0.25, 0.3) is 0 Å². The number of benzene rings is 1. The number of para-hydroxylation sites is 1. The Labute approximate surface area is 204 Å². The van der Waals surface area contributed by atoms with Crippen molar-refractivity contribution < 1.29 is 19.1 Å². The van der Waals surface area contributed by atoms with Crippen LogP contribution in [0.3, 0.4) is 0 Å². The molecule has 2 aromatic heterocycles. The highest BCUT2D eigenvalue weighted by Crippen LogP contribution is 2.25. The summed E-state index contributed by atoms with van der Waals surface area (Å²) in [5.74, 6) is 1.65. The highest BCUT2D eigenvalue weighted by molar-refractivity contribution is 7.99. The Bertz CT molecular complexity index is 1120. The molecule has 0 aliphatic rings. The second-order valence-electron chi connectivity index (χ2n) is 8.39. The van der Waals surface area contributed by atoms with Crippen LogP contribution in [0.5, 0.6) is 5.75 Å². The van der Waals surface area contributed by atoms with Crippen LogP contribution in [-0.4, -0.2) is 43.9 Å². The van der Waals surface area contributed by atoms with Crippen molar-refractivity contribution in [2.75, 3.05) is 12.4 Å². The van der Waals surface area contributed by atoms with E-state index in [0.29, 0.717) is 40.2 Å². The molecule has 0 saturated carbocycles. The summed E-state index contributed by atoms with van der Waals surface area (Å²) in [7, 11) is 0. The van der Waals surface area contributed by atoms with E-state index in [1.807, 2.05) is 34.9 Å². The van der Waals surface area contributed by atoms with E-state index in [1.54, 1.807) is 20.8 Å². The molecule has 1 aromatic carbocycles. The molecule has 0 saturated heterocycles. The number of carbonyl (C=O) groups excluding carboxylic acids is 2. The Morgan fingerprint density at radius 3 is 2.56 bits per heavy atom. The average Bonchev–Trinajstić information content (AvgIpc) is 3.34. The van der Waals surface area contributed by atoms with E-state index in [4.69, 9.17) is 9.47 Å². The maximum absolute atomic E-state index is 13.1. The van der Waals surface area contributed by atoms with E-state index < -0.39 is 5.97 Å². The molecule has 1 N–H and O–H groups in total. The summed E-state index contributed by atoms with van der Waals surface area (Å²) in [6.07, 6.45) is 0.955. The summed E-state index contributed by atoms with van der Waals surface area (Å²) in [5, 5.41) is 9.35. The molecule has 2 heterocycles. The maximum atomic E-state index is 13.1. The molecule has 0 aliphatic carbocycles. The smallest absolute Gasteiger partial charge is 0.355 e. The zero-order valence-corrected chi connectivity index (χ0v) is 21.2. The van der Waals surface area contributed by atoms with Crippen molar-refractivity contribution in [3.05, 3.63) is 58.7 Å². The van der Waals surface area contributed by atoms with Crippen LogP contribution >= 0.6 is 11.8 Å². The van der Waals surface area contributed by atoms with Crippen molar-refractivity contribution in [2.45, 2.75) is 59.3 Å². The third-order valence-electron chi connectivity index (χ3n) is 5.36. The molecule has 9 heteroatoms. The van der Waals surface area contributed by atoms with Crippen LogP contribution in [0.1, 0.15) is 65.1 Å². The van der Waals surface area contributed by atoms with E-state index in [1.165, 1.54) is 11.8 Å². The third kappa shape index (κ3) is 6.28. The second-order valence-corrected chi connectivity index (χ2v) is 9.33. The Morgan fingerprint density at radius 1 is 1.15 bits per heavy atom. The van der Waals surface area contributed by atoms with E-state index in [9.17, 15) is 9.59 Å². The summed E-state index contributed by atoms with van der Waals surface area (Å²) in [4.78, 5) is 28.2. The molecule has 0 amide bonds. The molecule has 0 aliphatic heterocycles. The predicted octanol–water partition coefficient (Wildman–Crippen LogP) is 5.00. The van der Waals surface area contributed by atoms with Gasteiger partial charge in [-0.2, -0.15) is 0 Å². The standard InChI is InChI=1S/C25H32N4O4S/c1-6-32-24(31)23-17(4)22(18(5)26-23)20(30)15-34-25-28-27-21(29(25)13-12-16(2)3)14-33-19-10-8-7-9-11-19/h7-11,16,26H,6,12-15H2,1-5H3. The number of nitrogens with zero attached hydrogens (tertiary/aromatic N) is 3. The number of aryl methyl sites for hydroxylation is 1. The molecule has 0 bridgehead atoms. The van der Waals surface area contributed by atoms with Crippen LogP contribution in [0.4, 0.5) is 0 Å². The van der Waals surface area contributed by atoms with Gasteiger partial charge in [-0.3, -0.25) is 4.79 Å². The number of carbonyl (C=O) groups is 2. The lowest BCUT2D eigenvalue weighted by atomic mass is 10.1. The zero-order chi connectivity index (χ0) is 24.7. The van der Waals surface area contributed by atoms with Gasteiger partial charge >= 0.3 is 5.97 Å². The van der Waals surface area contributed by atoms with Crippen molar-refractivity contribution >= 4 is 23.5 Å². The number of thioether (sulfide) groups is 1. The first-order chi connectivity index (χ1) is 16.3. The van der Waals surface area contributed by atoms with Gasteiger partial charge in [-0.1, -0.05) is 43.8 Å². The van der Waals surface area contributed by atoms with Gasteiger partial charge in [0.1, 0.15) is 18.1 Å². The van der Waals surface area contributed by atoms with Crippen molar-refractivity contribution in [3.63, 3.8) is 0 Å². The maximum Gasteiger partial charge on any atom is 0.355 e. The van der Waals surface area contributed by atoms with Gasteiger partial charge in [-0.05, 0) is 50.8 Å². The molecule has 34 heavy (non-hydrogen) atoms. The monoisotopic (exact) mass is 484 g/mol. The minimum absolute atomic E-state index is 0.0766. The van der Waals surface area contributed by atoms with Crippen LogP contribution in [0.15, 0.2) is 35.5 Å². The fourth-order valence-corrected chi connectivity index (χ4v) is 4.44. The topological polar surface area (TPSA) is 99.1 Å². The minimum atomic E-state index is -0.453. The van der Waals surface area contributed by atoms with E-state index >= 15 is 0 Å². The molecular formula is C25H32N4O4S. The molecule has 0 fully saturated rings. The van der Waals surface area contributed by atoms with Gasteiger partial charge in [0.05, 0.1) is 12.4 Å². The van der Waals surface area contributed by atoms with Crippen molar-refractivity contribution in [1.82, 2.24) is 19.7 Å². The van der Waals surface area contributed by atoms with Gasteiger partial charge in [0, 0.05) is 17.8 Å². The van der Waals surface area contributed by atoms with Crippen LogP contribution in [0.25, 0.3) is 0 Å². The zero-order valence-electron chi connectivity index (χ0n) is 20.4. The number of aromatic amines is 1. The highest BCUT2D eigenvalue weighted by atomic mass is 32.2. The normalized spacial score (nSPS) is 11.1. The molecule has 3 aromatic rings. The largest absolute Gasteiger partial charge is 0.486 e. The number of ether oxygens (including phenoxy) is 2. The lowest BCUT2D eigenvalue weighted by Crippen LogP contribution is -2.11. The number of hydrogen-bond acceptors (Lipinski definition) is 7. The number of esters is 1. The van der Waals surface area contributed by atoms with Crippen molar-refractivity contribution in [2.24, 2.45) is 5.92 Å². The molecule has 0 radical (unpaired) electrons. The first kappa shape index (κ1) is 25.6. The second kappa shape index (κ2) is 11.9. The molecule has 0 atom stereocenters. The van der Waals surface area contributed by atoms with Crippen molar-refractivity contribution in [1.29, 1.82) is 0 Å². The fraction of sp³-hybridized carbons (Fsp3) is 0.440. The SMILES string of the molecule is CCOC(=O)c1[nH]c(C)c(C(=O)CSc2nnc(COc3ccccc3)n2CCC(C)C)c1C. The van der Waals surface area contributed by atoms with Gasteiger partial charge < -0.3 is 19.0 Å². The average molecular weight is 485 g/mol. The van der Waals surface area contributed by atoms with Crippen LogP contribution in [0.2, 0.25) is 0 Å². The van der Waals surface area contributed by atoms with Gasteiger partial charge in [-0.15, -0.1) is 10.2 Å². The summed E-state index contributed by atoms with van der Waals surface area (Å²) in [6.45, 7) is 10.9. The summed E-state index contributed by atoms with van der Waals surface area (Å²) in [5.41, 5.74) is 2.12. The predicted molar refractivity (Wildman–Crippen MR) is 132 cm³/mol. The van der Waals surface area contributed by atoms with Gasteiger partial charge in [-0.25, -0.2) is 4.79 Å². The first-order valence-corrected chi connectivity index (χ1v) is 12.4. The molecule has 0 unspecified atom stereocenters. The van der Waals surface area contributed by atoms with Crippen LogP contribution in [0, 0.1) is 19.8 Å². The summed E-state index contributed by atoms with van der Waals surface area (Å²) >= 11 is 1.34. The number of aromatic nitrogens is 4. The Morgan fingerprint density at radius 2 is 1.88 bits per heavy atom. The summed E-state index contributed by atoms with van der Waals surface area (Å²) < 4.78 is 13.0. The van der Waals surface area contributed by atoms with Crippen LogP contribution < -0.4 is 4.74 Å². The quantitative estimate of drug-likeness (QED) is 0.219. The Balaban J connectivity index is 1.74. The molecular weight excluding hydrogens is 452 g/mol. The third-order valence-corrected chi connectivity index (χ3v) is 6.33. The number of Topliss-reactive ketones (excluding diaryl/α,β-unsaturated/α-hetero) is 1. The first-order valence-electron chi connectivity index (χ1n) is 11.4. The van der Waals surface area contributed by atoms with E-state index in [-0.39, 0.29) is 18.1 Å². The highest BCUT2D eigenvalue weighted by Gasteiger charge is 2.23. The molecule has 8 nitrogen and oxygen atoms in total. The summed E-state index contributed by atoms with van der Waals surface area (Å²) in [6, 6.07) is 9.58. The van der Waals surface area contributed by atoms with E-state index in [2.05, 4.69) is 29.0 Å². The number of ketones is 1. The number of hydrogen-bond donors (Lipinski definition) is 1. The van der Waals surface area contributed by atoms with E-state index in [0.717, 1.165) is 24.5 Å². The Kier molecular flexibility index (Phi) is 8.92. The molecule has 3 rings (SSSR count). The number of H-pyrrole nitrogens is 1. The van der Waals surface area contributed by atoms with Crippen molar-refractivity contribution in [3.8, 4) is 5.75 Å². The van der Waals surface area contributed by atoms with Gasteiger partial charge in [0.2, 0.25) is 0 Å². The lowest BCUT2D eigenvalue weighted by molar-refractivity contribution is 0.0519.